The number of aromatic nitrogens is 2. The Kier molecular flexibility index (Phi) is 4.05. The van der Waals surface area contributed by atoms with E-state index in [1.807, 2.05) is 13.1 Å². The molecule has 1 amide bonds. The Balaban J connectivity index is 1.63. The van der Waals surface area contributed by atoms with Crippen LogP contribution in [0.15, 0.2) is 6.20 Å². The van der Waals surface area contributed by atoms with Gasteiger partial charge in [0.05, 0.1) is 0 Å². The van der Waals surface area contributed by atoms with Gasteiger partial charge in [0.15, 0.2) is 0 Å². The maximum absolute atomic E-state index is 12.6. The molecule has 2 N–H and O–H groups in total. The molecule has 2 aliphatic heterocycles. The number of likely N-dealkylation sites (tertiary alicyclic amines) is 1. The number of hydrogen-bond acceptors (Lipinski definition) is 3. The third kappa shape index (κ3) is 2.87. The smallest absolute Gasteiger partial charge is 0.225 e. The van der Waals surface area contributed by atoms with E-state index in [-0.39, 0.29) is 5.92 Å². The van der Waals surface area contributed by atoms with Crippen LogP contribution in [0.1, 0.15) is 43.1 Å². The first-order valence-electron chi connectivity index (χ1n) is 7.75. The second-order valence-corrected chi connectivity index (χ2v) is 6.10. The van der Waals surface area contributed by atoms with Gasteiger partial charge in [0.1, 0.15) is 5.82 Å². The standard InChI is InChI=1S/C15H24N4O/c1-11-9-17-14(18-11)13-3-2-8-19(10-13)15(20)12-4-6-16-7-5-12/h9,12-13,16H,2-8,10H2,1H3,(H,17,18)/t13-/m1/s1. The van der Waals surface area contributed by atoms with Gasteiger partial charge in [-0.25, -0.2) is 4.98 Å². The number of carbonyl (C=O) groups excluding carboxylic acids is 1. The van der Waals surface area contributed by atoms with Crippen molar-refractivity contribution in [3.63, 3.8) is 0 Å². The number of carbonyl (C=O) groups is 1. The van der Waals surface area contributed by atoms with Gasteiger partial charge in [-0.05, 0) is 45.7 Å². The molecule has 2 aliphatic rings. The largest absolute Gasteiger partial charge is 0.346 e. The van der Waals surface area contributed by atoms with Gasteiger partial charge >= 0.3 is 0 Å². The molecule has 3 rings (SSSR count). The summed E-state index contributed by atoms with van der Waals surface area (Å²) in [5.41, 5.74) is 1.10. The van der Waals surface area contributed by atoms with Crippen LogP contribution in [0.25, 0.3) is 0 Å². The highest BCUT2D eigenvalue weighted by Gasteiger charge is 2.31. The van der Waals surface area contributed by atoms with E-state index in [9.17, 15) is 4.79 Å². The number of nitrogens with zero attached hydrogens (tertiary/aromatic N) is 2. The number of rotatable bonds is 2. The summed E-state index contributed by atoms with van der Waals surface area (Å²) in [5, 5.41) is 3.32. The lowest BCUT2D eigenvalue weighted by atomic mass is 9.92. The summed E-state index contributed by atoms with van der Waals surface area (Å²) in [6.07, 6.45) is 6.06. The van der Waals surface area contributed by atoms with Gasteiger partial charge in [0.25, 0.3) is 0 Å². The summed E-state index contributed by atoms with van der Waals surface area (Å²) in [6.45, 7) is 5.72. The van der Waals surface area contributed by atoms with E-state index in [2.05, 4.69) is 20.2 Å². The minimum Gasteiger partial charge on any atom is -0.346 e. The minimum absolute atomic E-state index is 0.230. The Labute approximate surface area is 120 Å². The third-order valence-corrected chi connectivity index (χ3v) is 4.53. The number of piperidine rings is 2. The summed E-state index contributed by atoms with van der Waals surface area (Å²) in [5.74, 6) is 2.02. The average Bonchev–Trinajstić information content (AvgIpc) is 2.94. The fourth-order valence-corrected chi connectivity index (χ4v) is 3.37. The lowest BCUT2D eigenvalue weighted by Gasteiger charge is -2.35. The molecular formula is C15H24N4O. The highest BCUT2D eigenvalue weighted by molar-refractivity contribution is 5.79. The first-order chi connectivity index (χ1) is 9.74. The zero-order chi connectivity index (χ0) is 13.9. The van der Waals surface area contributed by atoms with Crippen molar-refractivity contribution < 1.29 is 4.79 Å². The third-order valence-electron chi connectivity index (χ3n) is 4.53. The molecule has 1 atom stereocenters. The van der Waals surface area contributed by atoms with Crippen molar-refractivity contribution in [3.8, 4) is 0 Å². The van der Waals surface area contributed by atoms with Crippen molar-refractivity contribution >= 4 is 5.91 Å². The van der Waals surface area contributed by atoms with Crippen LogP contribution in [-0.2, 0) is 4.79 Å². The van der Waals surface area contributed by atoms with Gasteiger partial charge in [-0.3, -0.25) is 4.79 Å². The maximum Gasteiger partial charge on any atom is 0.225 e. The van der Waals surface area contributed by atoms with Crippen LogP contribution in [-0.4, -0.2) is 47.0 Å². The maximum atomic E-state index is 12.6. The summed E-state index contributed by atoms with van der Waals surface area (Å²) in [7, 11) is 0. The van der Waals surface area contributed by atoms with E-state index in [4.69, 9.17) is 0 Å². The Morgan fingerprint density at radius 1 is 1.35 bits per heavy atom. The molecule has 0 bridgehead atoms. The fraction of sp³-hybridized carbons (Fsp3) is 0.733. The molecule has 0 saturated carbocycles. The molecule has 2 saturated heterocycles. The van der Waals surface area contributed by atoms with Crippen LogP contribution in [0, 0.1) is 12.8 Å². The number of aryl methyl sites for hydroxylation is 1. The summed E-state index contributed by atoms with van der Waals surface area (Å²) in [4.78, 5) is 22.4. The molecule has 3 heterocycles. The van der Waals surface area contributed by atoms with Crippen molar-refractivity contribution in [2.45, 2.75) is 38.5 Å². The lowest BCUT2D eigenvalue weighted by Crippen LogP contribution is -2.45. The summed E-state index contributed by atoms with van der Waals surface area (Å²) >= 11 is 0. The molecule has 0 unspecified atom stereocenters. The monoisotopic (exact) mass is 276 g/mol. The Bertz CT molecular complexity index is 464. The normalized spacial score (nSPS) is 24.9. The number of nitrogens with one attached hydrogen (secondary N) is 2. The zero-order valence-corrected chi connectivity index (χ0v) is 12.2. The van der Waals surface area contributed by atoms with Gasteiger partial charge in [0.2, 0.25) is 5.91 Å². The first kappa shape index (κ1) is 13.6. The minimum atomic E-state index is 0.230. The van der Waals surface area contributed by atoms with Crippen molar-refractivity contribution in [3.05, 3.63) is 17.7 Å². The second kappa shape index (κ2) is 5.95. The average molecular weight is 276 g/mol. The number of H-pyrrole nitrogens is 1. The molecule has 5 nitrogen and oxygen atoms in total. The van der Waals surface area contributed by atoms with Gasteiger partial charge in [-0.2, -0.15) is 0 Å². The van der Waals surface area contributed by atoms with Crippen LogP contribution < -0.4 is 5.32 Å². The highest BCUT2D eigenvalue weighted by Crippen LogP contribution is 2.27. The van der Waals surface area contributed by atoms with Crippen molar-refractivity contribution in [2.24, 2.45) is 5.92 Å². The number of amides is 1. The predicted octanol–water partition coefficient (Wildman–Crippen LogP) is 1.42. The first-order valence-corrected chi connectivity index (χ1v) is 7.75. The van der Waals surface area contributed by atoms with Crippen molar-refractivity contribution in [1.82, 2.24) is 20.2 Å². The van der Waals surface area contributed by atoms with Crippen LogP contribution in [0.5, 0.6) is 0 Å². The number of imidazole rings is 1. The molecule has 20 heavy (non-hydrogen) atoms. The molecule has 0 aliphatic carbocycles. The van der Waals surface area contributed by atoms with Crippen molar-refractivity contribution in [2.75, 3.05) is 26.2 Å². The molecule has 1 aromatic heterocycles. The van der Waals surface area contributed by atoms with Crippen LogP contribution in [0.3, 0.4) is 0 Å². The van der Waals surface area contributed by atoms with Gasteiger partial charge in [0, 0.05) is 36.8 Å². The highest BCUT2D eigenvalue weighted by atomic mass is 16.2. The topological polar surface area (TPSA) is 61.0 Å². The van der Waals surface area contributed by atoms with E-state index in [1.54, 1.807) is 0 Å². The van der Waals surface area contributed by atoms with E-state index < -0.39 is 0 Å². The Morgan fingerprint density at radius 3 is 2.85 bits per heavy atom. The zero-order valence-electron chi connectivity index (χ0n) is 12.2. The van der Waals surface area contributed by atoms with E-state index >= 15 is 0 Å². The second-order valence-electron chi connectivity index (χ2n) is 6.10. The molecular weight excluding hydrogens is 252 g/mol. The van der Waals surface area contributed by atoms with Crippen molar-refractivity contribution in [1.29, 1.82) is 0 Å². The molecule has 0 spiro atoms. The SMILES string of the molecule is Cc1cnc([C@@H]2CCCN(C(=O)C3CCNCC3)C2)[nH]1. The summed E-state index contributed by atoms with van der Waals surface area (Å²) in [6, 6.07) is 0. The Morgan fingerprint density at radius 2 is 2.15 bits per heavy atom. The molecule has 1 aromatic rings. The number of hydrogen-bond donors (Lipinski definition) is 2. The molecule has 2 fully saturated rings. The quantitative estimate of drug-likeness (QED) is 0.859. The van der Waals surface area contributed by atoms with Gasteiger partial charge in [-0.15, -0.1) is 0 Å². The predicted molar refractivity (Wildman–Crippen MR) is 77.5 cm³/mol. The Hall–Kier alpha value is -1.36. The van der Waals surface area contributed by atoms with E-state index in [0.717, 1.165) is 63.4 Å². The van der Waals surface area contributed by atoms with Crippen LogP contribution >= 0.6 is 0 Å². The molecule has 0 aromatic carbocycles. The summed E-state index contributed by atoms with van der Waals surface area (Å²) < 4.78 is 0. The molecule has 5 heteroatoms. The molecule has 0 radical (unpaired) electrons. The van der Waals surface area contributed by atoms with Gasteiger partial charge in [-0.1, -0.05) is 0 Å². The van der Waals surface area contributed by atoms with E-state index in [0.29, 0.717) is 11.8 Å². The van der Waals surface area contributed by atoms with Crippen LogP contribution in [0.2, 0.25) is 0 Å². The molecule has 110 valence electrons. The fourth-order valence-electron chi connectivity index (χ4n) is 3.37. The number of aromatic amines is 1. The van der Waals surface area contributed by atoms with Crippen LogP contribution in [0.4, 0.5) is 0 Å². The van der Waals surface area contributed by atoms with Gasteiger partial charge < -0.3 is 15.2 Å². The van der Waals surface area contributed by atoms with E-state index in [1.165, 1.54) is 0 Å². The lowest BCUT2D eigenvalue weighted by molar-refractivity contribution is -0.137.